The fourth-order valence-electron chi connectivity index (χ4n) is 0.637. The van der Waals surface area contributed by atoms with Crippen molar-refractivity contribution in [3.8, 4) is 0 Å². The van der Waals surface area contributed by atoms with E-state index in [9.17, 15) is 0 Å². The summed E-state index contributed by atoms with van der Waals surface area (Å²) >= 11 is 0. The number of rotatable bonds is 0. The molecule has 0 unspecified atom stereocenters. The van der Waals surface area contributed by atoms with Crippen molar-refractivity contribution in [1.82, 2.24) is 0 Å². The molecular weight excluding hydrogens is 160 g/mol. The molecule has 0 spiro atoms. The highest BCUT2D eigenvalue weighted by molar-refractivity contribution is 5.44. The van der Waals surface area contributed by atoms with Crippen molar-refractivity contribution in [2.45, 2.75) is 34.6 Å². The van der Waals surface area contributed by atoms with E-state index in [1.807, 2.05) is 13.8 Å². The zero-order valence-electron chi connectivity index (χ0n) is 9.29. The second-order valence-corrected chi connectivity index (χ2v) is 2.39. The highest BCUT2D eigenvalue weighted by Crippen LogP contribution is 1.99. The minimum Gasteiger partial charge on any atom is -0.304 e. The first kappa shape index (κ1) is 14.4. The normalized spacial score (nSPS) is 7.15. The quantitative estimate of drug-likeness (QED) is 0.558. The van der Waals surface area contributed by atoms with Crippen LogP contribution in [-0.4, -0.2) is 6.29 Å². The Morgan fingerprint density at radius 3 is 1.23 bits per heavy atom. The van der Waals surface area contributed by atoms with Crippen LogP contribution >= 0.6 is 0 Å². The molecule has 0 fully saturated rings. The first-order valence-electron chi connectivity index (χ1n) is 4.63. The van der Waals surface area contributed by atoms with Gasteiger partial charge in [0.05, 0.1) is 0 Å². The van der Waals surface area contributed by atoms with Crippen molar-refractivity contribution in [2.24, 2.45) is 0 Å². The number of carbonyl (C=O) groups is 1. The average Bonchev–Trinajstić information content (AvgIpc) is 2.15. The summed E-state index contributed by atoms with van der Waals surface area (Å²) in [5.41, 5.74) is 2.66. The van der Waals surface area contributed by atoms with Gasteiger partial charge in [0.25, 0.3) is 0 Å². The van der Waals surface area contributed by atoms with Crippen LogP contribution in [-0.2, 0) is 4.79 Å². The second kappa shape index (κ2) is 10.9. The Labute approximate surface area is 81.8 Å². The molecule has 1 aromatic rings. The topological polar surface area (TPSA) is 17.1 Å². The zero-order chi connectivity index (χ0) is 10.7. The summed E-state index contributed by atoms with van der Waals surface area (Å²) in [6.07, 6.45) is 0.750. The summed E-state index contributed by atoms with van der Waals surface area (Å²) < 4.78 is 0. The molecule has 0 heterocycles. The summed E-state index contributed by atoms with van der Waals surface area (Å²) in [4.78, 5) is 8.81. The lowest BCUT2D eigenvalue weighted by Gasteiger charge is -1.90. The van der Waals surface area contributed by atoms with E-state index in [1.165, 1.54) is 18.1 Å². The fourth-order valence-corrected chi connectivity index (χ4v) is 0.637. The molecule has 0 aliphatic heterocycles. The molecule has 0 aromatic heterocycles. The number of hydrogen-bond donors (Lipinski definition) is 0. The molecule has 0 atom stereocenters. The predicted molar refractivity (Wildman–Crippen MR) is 59.0 cm³/mol. The van der Waals surface area contributed by atoms with Gasteiger partial charge in [-0.3, -0.25) is 0 Å². The SMILES string of the molecule is CC.CC=O.Cc1ccc(C)cc1. The Morgan fingerprint density at radius 1 is 0.923 bits per heavy atom. The highest BCUT2D eigenvalue weighted by atomic mass is 16.1. The number of carbonyl (C=O) groups excluding carboxylic acids is 1. The van der Waals surface area contributed by atoms with Crippen LogP contribution in [0.2, 0.25) is 0 Å². The van der Waals surface area contributed by atoms with Crippen molar-refractivity contribution < 1.29 is 4.79 Å². The molecule has 0 aliphatic rings. The van der Waals surface area contributed by atoms with Crippen molar-refractivity contribution in [1.29, 1.82) is 0 Å². The monoisotopic (exact) mass is 180 g/mol. The van der Waals surface area contributed by atoms with Crippen molar-refractivity contribution in [3.63, 3.8) is 0 Å². The lowest BCUT2D eigenvalue weighted by atomic mass is 10.2. The van der Waals surface area contributed by atoms with Gasteiger partial charge < -0.3 is 4.79 Å². The smallest absolute Gasteiger partial charge is 0.116 e. The second-order valence-electron chi connectivity index (χ2n) is 2.39. The molecule has 1 rings (SSSR count). The van der Waals surface area contributed by atoms with Gasteiger partial charge in [-0.05, 0) is 20.8 Å². The molecule has 1 heteroatoms. The van der Waals surface area contributed by atoms with E-state index in [-0.39, 0.29) is 0 Å². The molecular formula is C12H20O. The van der Waals surface area contributed by atoms with Crippen molar-refractivity contribution >= 4 is 6.29 Å². The number of hydrogen-bond acceptors (Lipinski definition) is 1. The van der Waals surface area contributed by atoms with Gasteiger partial charge in [-0.1, -0.05) is 49.2 Å². The number of aldehydes is 1. The van der Waals surface area contributed by atoms with Crippen LogP contribution in [0.25, 0.3) is 0 Å². The zero-order valence-corrected chi connectivity index (χ0v) is 9.29. The van der Waals surface area contributed by atoms with Gasteiger partial charge in [0, 0.05) is 0 Å². The van der Waals surface area contributed by atoms with E-state index < -0.39 is 0 Å². The molecule has 1 nitrogen and oxygen atoms in total. The van der Waals surface area contributed by atoms with Gasteiger partial charge in [0.2, 0.25) is 0 Å². The maximum absolute atomic E-state index is 8.81. The third-order valence-electron chi connectivity index (χ3n) is 1.22. The third kappa shape index (κ3) is 10.9. The third-order valence-corrected chi connectivity index (χ3v) is 1.22. The fraction of sp³-hybridized carbons (Fsp3) is 0.417. The first-order valence-corrected chi connectivity index (χ1v) is 4.63. The van der Waals surface area contributed by atoms with E-state index >= 15 is 0 Å². The summed E-state index contributed by atoms with van der Waals surface area (Å²) in [5.74, 6) is 0. The summed E-state index contributed by atoms with van der Waals surface area (Å²) in [7, 11) is 0. The van der Waals surface area contributed by atoms with Crippen LogP contribution in [0.1, 0.15) is 31.9 Å². The van der Waals surface area contributed by atoms with Crippen LogP contribution in [0.4, 0.5) is 0 Å². The maximum Gasteiger partial charge on any atom is 0.116 e. The van der Waals surface area contributed by atoms with Gasteiger partial charge in [-0.15, -0.1) is 0 Å². The van der Waals surface area contributed by atoms with Crippen LogP contribution in [0.3, 0.4) is 0 Å². The lowest BCUT2D eigenvalue weighted by Crippen LogP contribution is -1.70. The largest absolute Gasteiger partial charge is 0.304 e. The molecule has 13 heavy (non-hydrogen) atoms. The molecule has 0 aliphatic carbocycles. The number of aryl methyl sites for hydroxylation is 2. The molecule has 0 saturated heterocycles. The minimum absolute atomic E-state index is 0.750. The molecule has 0 N–H and O–H groups in total. The van der Waals surface area contributed by atoms with Gasteiger partial charge in [0.1, 0.15) is 6.29 Å². The van der Waals surface area contributed by atoms with E-state index in [2.05, 4.69) is 38.1 Å². The van der Waals surface area contributed by atoms with Crippen LogP contribution < -0.4 is 0 Å². The Morgan fingerprint density at radius 2 is 1.08 bits per heavy atom. The van der Waals surface area contributed by atoms with E-state index in [4.69, 9.17) is 4.79 Å². The molecule has 0 bridgehead atoms. The van der Waals surface area contributed by atoms with Crippen LogP contribution in [0.5, 0.6) is 0 Å². The van der Waals surface area contributed by atoms with Gasteiger partial charge in [0.15, 0.2) is 0 Å². The standard InChI is InChI=1S/C8H10.C2H4O.C2H6/c1-7-3-5-8(2)6-4-7;1-2-3;1-2/h3-6H,1-2H3;2H,1H3;1-2H3. The van der Waals surface area contributed by atoms with Crippen LogP contribution in [0, 0.1) is 13.8 Å². The van der Waals surface area contributed by atoms with Gasteiger partial charge >= 0.3 is 0 Å². The highest BCUT2D eigenvalue weighted by Gasteiger charge is 1.79. The molecule has 1 aromatic carbocycles. The molecule has 0 amide bonds. The summed E-state index contributed by atoms with van der Waals surface area (Å²) in [6.45, 7) is 9.64. The first-order chi connectivity index (χ1) is 6.20. The average molecular weight is 180 g/mol. The Kier molecular flexibility index (Phi) is 12.1. The molecule has 0 saturated carbocycles. The van der Waals surface area contributed by atoms with Gasteiger partial charge in [-0.25, -0.2) is 0 Å². The summed E-state index contributed by atoms with van der Waals surface area (Å²) in [6, 6.07) is 8.48. The van der Waals surface area contributed by atoms with E-state index in [1.54, 1.807) is 0 Å². The Balaban J connectivity index is 0. The van der Waals surface area contributed by atoms with Crippen molar-refractivity contribution in [2.75, 3.05) is 0 Å². The predicted octanol–water partition coefficient (Wildman–Crippen LogP) is 3.53. The minimum atomic E-state index is 0.750. The summed E-state index contributed by atoms with van der Waals surface area (Å²) in [5, 5.41) is 0. The molecule has 74 valence electrons. The Hall–Kier alpha value is -1.11. The number of benzene rings is 1. The lowest BCUT2D eigenvalue weighted by molar-refractivity contribution is -0.106. The maximum atomic E-state index is 8.81. The van der Waals surface area contributed by atoms with Gasteiger partial charge in [-0.2, -0.15) is 0 Å². The molecule has 0 radical (unpaired) electrons. The Bertz CT molecular complexity index is 178. The van der Waals surface area contributed by atoms with E-state index in [0.29, 0.717) is 0 Å². The van der Waals surface area contributed by atoms with Crippen LogP contribution in [0.15, 0.2) is 24.3 Å². The van der Waals surface area contributed by atoms with Crippen molar-refractivity contribution in [3.05, 3.63) is 35.4 Å². The van der Waals surface area contributed by atoms with E-state index in [0.717, 1.165) is 6.29 Å².